The second kappa shape index (κ2) is 10.3. The molecule has 2 aliphatic heterocycles. The van der Waals surface area contributed by atoms with Gasteiger partial charge in [0.1, 0.15) is 5.82 Å². The summed E-state index contributed by atoms with van der Waals surface area (Å²) in [5.74, 6) is -0.118. The summed E-state index contributed by atoms with van der Waals surface area (Å²) in [6.45, 7) is 5.68. The summed E-state index contributed by atoms with van der Waals surface area (Å²) in [4.78, 5) is 32.4. The van der Waals surface area contributed by atoms with Crippen LogP contribution in [0, 0.1) is 5.82 Å². The Morgan fingerprint density at radius 3 is 2.19 bits per heavy atom. The zero-order chi connectivity index (χ0) is 21.6. The normalized spacial score (nSPS) is 18.8. The monoisotopic (exact) mass is 444 g/mol. The van der Waals surface area contributed by atoms with Crippen LogP contribution in [0.5, 0.6) is 0 Å². The smallest absolute Gasteiger partial charge is 0.236 e. The minimum absolute atomic E-state index is 0.0516. The molecule has 0 radical (unpaired) electrons. The standard InChI is InChI=1S/C23H29FN4O2S/c24-19-7-5-18(6-8-19)23(20-4-3-15-31-20)25-21(29)16-26-11-13-27(14-12-26)17-22(30)28-9-1-2-10-28/h3-8,15,23H,1-2,9-14,16-17H2,(H,25,29)/t23-/m0/s1. The van der Waals surface area contributed by atoms with Gasteiger partial charge in [-0.05, 0) is 42.0 Å². The molecule has 2 amide bonds. The van der Waals surface area contributed by atoms with E-state index in [1.54, 1.807) is 23.5 Å². The second-order valence-electron chi connectivity index (χ2n) is 8.21. The molecule has 2 aromatic rings. The predicted octanol–water partition coefficient (Wildman–Crippen LogP) is 2.33. The Labute approximate surface area is 186 Å². The van der Waals surface area contributed by atoms with Crippen LogP contribution in [-0.4, -0.2) is 78.9 Å². The number of nitrogens with zero attached hydrogens (tertiary/aromatic N) is 3. The molecule has 1 aromatic heterocycles. The van der Waals surface area contributed by atoms with Crippen LogP contribution < -0.4 is 5.32 Å². The topological polar surface area (TPSA) is 55.9 Å². The van der Waals surface area contributed by atoms with Crippen molar-refractivity contribution >= 4 is 23.2 Å². The fourth-order valence-electron chi connectivity index (χ4n) is 4.20. The van der Waals surface area contributed by atoms with Crippen LogP contribution in [0.3, 0.4) is 0 Å². The number of carbonyl (C=O) groups excluding carboxylic acids is 2. The maximum atomic E-state index is 13.3. The number of hydrogen-bond acceptors (Lipinski definition) is 5. The van der Waals surface area contributed by atoms with Crippen LogP contribution in [0.1, 0.15) is 29.3 Å². The van der Waals surface area contributed by atoms with Crippen molar-refractivity contribution in [1.29, 1.82) is 0 Å². The highest BCUT2D eigenvalue weighted by molar-refractivity contribution is 7.10. The predicted molar refractivity (Wildman–Crippen MR) is 119 cm³/mol. The van der Waals surface area contributed by atoms with E-state index in [-0.39, 0.29) is 23.7 Å². The van der Waals surface area contributed by atoms with Crippen LogP contribution in [0.4, 0.5) is 4.39 Å². The summed E-state index contributed by atoms with van der Waals surface area (Å²) in [6.07, 6.45) is 2.22. The number of thiophene rings is 1. The minimum Gasteiger partial charge on any atom is -0.343 e. The summed E-state index contributed by atoms with van der Waals surface area (Å²) in [7, 11) is 0. The van der Waals surface area contributed by atoms with Crippen LogP contribution in [0.25, 0.3) is 0 Å². The largest absolute Gasteiger partial charge is 0.343 e. The van der Waals surface area contributed by atoms with E-state index in [1.807, 2.05) is 22.4 Å². The van der Waals surface area contributed by atoms with E-state index in [1.165, 1.54) is 12.1 Å². The van der Waals surface area contributed by atoms with Crippen LogP contribution >= 0.6 is 11.3 Å². The molecular formula is C23H29FN4O2S. The molecule has 0 aliphatic carbocycles. The molecule has 3 heterocycles. The summed E-state index contributed by atoms with van der Waals surface area (Å²) >= 11 is 1.57. The fourth-order valence-corrected chi connectivity index (χ4v) is 5.01. The quantitative estimate of drug-likeness (QED) is 0.712. The maximum absolute atomic E-state index is 13.3. The van der Waals surface area contributed by atoms with Gasteiger partial charge >= 0.3 is 0 Å². The van der Waals surface area contributed by atoms with E-state index in [0.29, 0.717) is 13.1 Å². The number of likely N-dealkylation sites (tertiary alicyclic amines) is 1. The molecule has 0 saturated carbocycles. The van der Waals surface area contributed by atoms with Gasteiger partial charge in [0, 0.05) is 44.1 Å². The molecule has 31 heavy (non-hydrogen) atoms. The Morgan fingerprint density at radius 2 is 1.58 bits per heavy atom. The summed E-state index contributed by atoms with van der Waals surface area (Å²) in [5.41, 5.74) is 0.863. The third kappa shape index (κ3) is 5.90. The van der Waals surface area contributed by atoms with E-state index in [2.05, 4.69) is 15.1 Å². The lowest BCUT2D eigenvalue weighted by Gasteiger charge is -2.34. The molecule has 0 spiro atoms. The van der Waals surface area contributed by atoms with Gasteiger partial charge in [-0.3, -0.25) is 19.4 Å². The number of carbonyl (C=O) groups is 2. The number of halogens is 1. The Morgan fingerprint density at radius 1 is 0.935 bits per heavy atom. The van der Waals surface area contributed by atoms with Crippen molar-refractivity contribution in [3.05, 3.63) is 58.0 Å². The number of piperazine rings is 1. The molecule has 2 saturated heterocycles. The highest BCUT2D eigenvalue weighted by Gasteiger charge is 2.25. The Bertz CT molecular complexity index is 860. The molecule has 6 nitrogen and oxygen atoms in total. The number of amides is 2. The lowest BCUT2D eigenvalue weighted by Crippen LogP contribution is -2.52. The van der Waals surface area contributed by atoms with Crippen molar-refractivity contribution in [2.75, 3.05) is 52.4 Å². The van der Waals surface area contributed by atoms with Gasteiger partial charge in [-0.1, -0.05) is 18.2 Å². The summed E-state index contributed by atoms with van der Waals surface area (Å²) < 4.78 is 13.3. The van der Waals surface area contributed by atoms with Gasteiger partial charge in [-0.25, -0.2) is 4.39 Å². The van der Waals surface area contributed by atoms with Gasteiger partial charge < -0.3 is 10.2 Å². The third-order valence-corrected chi connectivity index (χ3v) is 6.92. The third-order valence-electron chi connectivity index (χ3n) is 5.99. The van der Waals surface area contributed by atoms with Crippen molar-refractivity contribution in [2.24, 2.45) is 0 Å². The van der Waals surface area contributed by atoms with Crippen molar-refractivity contribution < 1.29 is 14.0 Å². The zero-order valence-electron chi connectivity index (χ0n) is 17.6. The summed E-state index contributed by atoms with van der Waals surface area (Å²) in [6, 6.07) is 9.93. The first-order valence-corrected chi connectivity index (χ1v) is 11.8. The zero-order valence-corrected chi connectivity index (χ0v) is 18.5. The SMILES string of the molecule is O=C(CN1CCN(CC(=O)N2CCCC2)CC1)N[C@@H](c1ccc(F)cc1)c1cccs1. The summed E-state index contributed by atoms with van der Waals surface area (Å²) in [5, 5.41) is 5.09. The lowest BCUT2D eigenvalue weighted by atomic mass is 10.1. The Hall–Kier alpha value is -2.29. The van der Waals surface area contributed by atoms with E-state index < -0.39 is 0 Å². The molecule has 2 fully saturated rings. The first kappa shape index (κ1) is 21.9. The van der Waals surface area contributed by atoms with Gasteiger partial charge in [0.15, 0.2) is 0 Å². The van der Waals surface area contributed by atoms with Crippen LogP contribution in [-0.2, 0) is 9.59 Å². The van der Waals surface area contributed by atoms with Crippen molar-refractivity contribution in [2.45, 2.75) is 18.9 Å². The first-order chi connectivity index (χ1) is 15.1. The van der Waals surface area contributed by atoms with Crippen molar-refractivity contribution in [3.8, 4) is 0 Å². The number of nitrogens with one attached hydrogen (secondary N) is 1. The number of hydrogen-bond donors (Lipinski definition) is 1. The van der Waals surface area contributed by atoms with Gasteiger partial charge in [0.2, 0.25) is 11.8 Å². The molecule has 166 valence electrons. The van der Waals surface area contributed by atoms with E-state index >= 15 is 0 Å². The molecule has 8 heteroatoms. The molecule has 0 unspecified atom stereocenters. The van der Waals surface area contributed by atoms with Crippen LogP contribution in [0.2, 0.25) is 0 Å². The minimum atomic E-state index is -0.291. The molecule has 4 rings (SSSR count). The van der Waals surface area contributed by atoms with E-state index in [0.717, 1.165) is 62.6 Å². The Balaban J connectivity index is 1.28. The maximum Gasteiger partial charge on any atom is 0.236 e. The van der Waals surface area contributed by atoms with E-state index in [9.17, 15) is 14.0 Å². The molecule has 2 aliphatic rings. The molecule has 0 bridgehead atoms. The Kier molecular flexibility index (Phi) is 7.32. The van der Waals surface area contributed by atoms with Gasteiger partial charge in [0.05, 0.1) is 19.1 Å². The first-order valence-electron chi connectivity index (χ1n) is 10.9. The van der Waals surface area contributed by atoms with Crippen LogP contribution in [0.15, 0.2) is 41.8 Å². The van der Waals surface area contributed by atoms with Gasteiger partial charge in [-0.15, -0.1) is 11.3 Å². The highest BCUT2D eigenvalue weighted by atomic mass is 32.1. The van der Waals surface area contributed by atoms with E-state index in [4.69, 9.17) is 0 Å². The molecule has 1 N–H and O–H groups in total. The van der Waals surface area contributed by atoms with Crippen molar-refractivity contribution in [3.63, 3.8) is 0 Å². The second-order valence-corrected chi connectivity index (χ2v) is 9.19. The fraction of sp³-hybridized carbons (Fsp3) is 0.478. The number of rotatable bonds is 7. The highest BCUT2D eigenvalue weighted by Crippen LogP contribution is 2.26. The molecule has 1 atom stereocenters. The average Bonchev–Trinajstić information content (AvgIpc) is 3.49. The van der Waals surface area contributed by atoms with Gasteiger partial charge in [0.25, 0.3) is 0 Å². The van der Waals surface area contributed by atoms with Crippen molar-refractivity contribution in [1.82, 2.24) is 20.0 Å². The van der Waals surface area contributed by atoms with Gasteiger partial charge in [-0.2, -0.15) is 0 Å². The molecule has 1 aromatic carbocycles. The number of benzene rings is 1. The molecular weight excluding hydrogens is 415 g/mol. The lowest BCUT2D eigenvalue weighted by molar-refractivity contribution is -0.132. The average molecular weight is 445 g/mol.